The highest BCUT2D eigenvalue weighted by atomic mass is 15.1. The van der Waals surface area contributed by atoms with E-state index in [0.717, 1.165) is 6.42 Å². The lowest BCUT2D eigenvalue weighted by Gasteiger charge is -1.85. The number of hydrogen-bond donors (Lipinski definition) is 0. The zero-order valence-electron chi connectivity index (χ0n) is 5.91. The summed E-state index contributed by atoms with van der Waals surface area (Å²) in [7, 11) is 2.01. The summed E-state index contributed by atoms with van der Waals surface area (Å²) in [6.45, 7) is 4.25. The summed E-state index contributed by atoms with van der Waals surface area (Å²) in [6.07, 6.45) is 7.16. The van der Waals surface area contributed by atoms with E-state index in [1.54, 1.807) is 0 Å². The fourth-order valence-corrected chi connectivity index (χ4v) is 0.788. The van der Waals surface area contributed by atoms with E-state index in [9.17, 15) is 0 Å². The molecule has 0 bridgehead atoms. The highest BCUT2D eigenvalue weighted by Crippen LogP contribution is 1.88. The van der Waals surface area contributed by atoms with Crippen molar-refractivity contribution in [2.75, 3.05) is 0 Å². The molecular weight excluding hydrogens is 112 g/mol. The maximum absolute atomic E-state index is 2.12. The molecule has 0 amide bonds. The van der Waals surface area contributed by atoms with Crippen molar-refractivity contribution in [2.45, 2.75) is 13.3 Å². The second-order valence-corrected chi connectivity index (χ2v) is 2.12. The summed E-state index contributed by atoms with van der Waals surface area (Å²) in [4.78, 5) is 0. The Morgan fingerprint density at radius 3 is 2.89 bits per heavy atom. The molecule has 0 aromatic carbocycles. The van der Waals surface area contributed by atoms with Crippen LogP contribution in [0, 0.1) is 6.54 Å². The van der Waals surface area contributed by atoms with Crippen LogP contribution in [0.4, 0.5) is 0 Å². The van der Waals surface area contributed by atoms with Gasteiger partial charge in [0.2, 0.25) is 6.33 Å². The summed E-state index contributed by atoms with van der Waals surface area (Å²) in [5.41, 5.74) is 0. The highest BCUT2D eigenvalue weighted by Gasteiger charge is 1.95. The van der Waals surface area contributed by atoms with Crippen LogP contribution < -0.4 is 4.57 Å². The SMILES string of the molecule is CC[CH]n1cc[n+](C)c1. The first kappa shape index (κ1) is 6.33. The quantitative estimate of drug-likeness (QED) is 0.514. The molecule has 1 heterocycles. The second-order valence-electron chi connectivity index (χ2n) is 2.12. The van der Waals surface area contributed by atoms with Crippen molar-refractivity contribution in [3.05, 3.63) is 25.3 Å². The molecule has 1 aromatic heterocycles. The van der Waals surface area contributed by atoms with Gasteiger partial charge in [0.25, 0.3) is 0 Å². The van der Waals surface area contributed by atoms with Crippen molar-refractivity contribution in [3.63, 3.8) is 0 Å². The Morgan fingerprint density at radius 2 is 2.44 bits per heavy atom. The lowest BCUT2D eigenvalue weighted by atomic mass is 10.5. The van der Waals surface area contributed by atoms with Gasteiger partial charge in [-0.25, -0.2) is 9.13 Å². The third kappa shape index (κ3) is 1.56. The van der Waals surface area contributed by atoms with Gasteiger partial charge in [0, 0.05) is 0 Å². The molecule has 0 fully saturated rings. The minimum Gasteiger partial charge on any atom is -0.240 e. The first-order chi connectivity index (χ1) is 4.33. The monoisotopic (exact) mass is 124 g/mol. The van der Waals surface area contributed by atoms with Crippen molar-refractivity contribution >= 4 is 0 Å². The zero-order valence-corrected chi connectivity index (χ0v) is 5.91. The van der Waals surface area contributed by atoms with Crippen LogP contribution in [0.5, 0.6) is 0 Å². The third-order valence-corrected chi connectivity index (χ3v) is 1.18. The lowest BCUT2D eigenvalue weighted by Crippen LogP contribution is -2.23. The van der Waals surface area contributed by atoms with E-state index >= 15 is 0 Å². The molecule has 0 aliphatic rings. The standard InChI is InChI=1S/C7H12N2/c1-3-4-9-6-5-8(2)7-9/h4-7H,3H2,1-2H3/q+1. The summed E-state index contributed by atoms with van der Waals surface area (Å²) < 4.78 is 4.08. The molecule has 0 aliphatic heterocycles. The molecular formula is C7H12N2+. The van der Waals surface area contributed by atoms with Gasteiger partial charge in [0.1, 0.15) is 18.9 Å². The summed E-state index contributed by atoms with van der Waals surface area (Å²) in [6, 6.07) is 0. The molecule has 2 heteroatoms. The Hall–Kier alpha value is -0.790. The van der Waals surface area contributed by atoms with Crippen LogP contribution in [0.15, 0.2) is 18.7 Å². The molecule has 0 N–H and O–H groups in total. The van der Waals surface area contributed by atoms with E-state index in [4.69, 9.17) is 0 Å². The van der Waals surface area contributed by atoms with Crippen LogP contribution in [0.1, 0.15) is 13.3 Å². The van der Waals surface area contributed by atoms with Crippen LogP contribution in [0.25, 0.3) is 0 Å². The molecule has 0 saturated heterocycles. The summed E-state index contributed by atoms with van der Waals surface area (Å²) in [5, 5.41) is 0. The minimum atomic E-state index is 1.08. The largest absolute Gasteiger partial charge is 0.243 e. The Labute approximate surface area is 55.7 Å². The Bertz CT molecular complexity index is 179. The normalized spacial score (nSPS) is 10.0. The van der Waals surface area contributed by atoms with Crippen LogP contribution in [0.2, 0.25) is 0 Å². The number of hydrogen-bond acceptors (Lipinski definition) is 0. The summed E-state index contributed by atoms with van der Waals surface area (Å²) >= 11 is 0. The molecule has 0 spiro atoms. The molecule has 9 heavy (non-hydrogen) atoms. The fraction of sp³-hybridized carbons (Fsp3) is 0.429. The van der Waals surface area contributed by atoms with E-state index in [2.05, 4.69) is 18.0 Å². The van der Waals surface area contributed by atoms with Gasteiger partial charge in [-0.1, -0.05) is 6.92 Å². The number of imidazole rings is 1. The number of nitrogens with zero attached hydrogens (tertiary/aromatic N) is 2. The minimum absolute atomic E-state index is 1.08. The molecule has 0 aliphatic carbocycles. The lowest BCUT2D eigenvalue weighted by molar-refractivity contribution is -0.670. The van der Waals surface area contributed by atoms with Crippen LogP contribution in [0.3, 0.4) is 0 Å². The fourth-order valence-electron chi connectivity index (χ4n) is 0.788. The molecule has 0 atom stereocenters. The van der Waals surface area contributed by atoms with Crippen LogP contribution >= 0.6 is 0 Å². The van der Waals surface area contributed by atoms with Gasteiger partial charge >= 0.3 is 0 Å². The van der Waals surface area contributed by atoms with Crippen molar-refractivity contribution in [2.24, 2.45) is 7.05 Å². The molecule has 49 valence electrons. The second kappa shape index (κ2) is 2.67. The number of rotatable bonds is 2. The Balaban J connectivity index is 2.61. The Morgan fingerprint density at radius 1 is 1.67 bits per heavy atom. The molecule has 0 saturated carbocycles. The predicted octanol–water partition coefficient (Wildman–Crippen LogP) is 0.732. The van der Waals surface area contributed by atoms with E-state index in [1.165, 1.54) is 0 Å². The van der Waals surface area contributed by atoms with Gasteiger partial charge in [0.05, 0.1) is 7.05 Å². The van der Waals surface area contributed by atoms with Gasteiger partial charge in [-0.05, 0) is 6.42 Å². The van der Waals surface area contributed by atoms with E-state index in [1.807, 2.05) is 30.3 Å². The molecule has 2 nitrogen and oxygen atoms in total. The van der Waals surface area contributed by atoms with Gasteiger partial charge in [-0.3, -0.25) is 0 Å². The van der Waals surface area contributed by atoms with Crippen molar-refractivity contribution in [1.29, 1.82) is 0 Å². The maximum atomic E-state index is 2.12. The Kier molecular flexibility index (Phi) is 1.88. The first-order valence-corrected chi connectivity index (χ1v) is 3.19. The number of aryl methyl sites for hydroxylation is 1. The van der Waals surface area contributed by atoms with Crippen LogP contribution in [-0.2, 0) is 7.05 Å². The highest BCUT2D eigenvalue weighted by molar-refractivity contribution is 4.75. The molecule has 1 rings (SSSR count). The zero-order chi connectivity index (χ0) is 6.69. The predicted molar refractivity (Wildman–Crippen MR) is 35.6 cm³/mol. The smallest absolute Gasteiger partial charge is 0.240 e. The average molecular weight is 124 g/mol. The molecule has 1 aromatic rings. The van der Waals surface area contributed by atoms with E-state index in [0.29, 0.717) is 0 Å². The van der Waals surface area contributed by atoms with Crippen molar-refractivity contribution in [3.8, 4) is 0 Å². The topological polar surface area (TPSA) is 8.81 Å². The molecule has 0 unspecified atom stereocenters. The van der Waals surface area contributed by atoms with Gasteiger partial charge in [0.15, 0.2) is 0 Å². The average Bonchev–Trinajstić information content (AvgIpc) is 2.17. The summed E-state index contributed by atoms with van der Waals surface area (Å²) in [5.74, 6) is 0. The molecule has 1 radical (unpaired) electrons. The third-order valence-electron chi connectivity index (χ3n) is 1.18. The first-order valence-electron chi connectivity index (χ1n) is 3.19. The van der Waals surface area contributed by atoms with Gasteiger partial charge < -0.3 is 0 Å². The van der Waals surface area contributed by atoms with Crippen molar-refractivity contribution < 1.29 is 4.57 Å². The van der Waals surface area contributed by atoms with E-state index in [-0.39, 0.29) is 0 Å². The number of aromatic nitrogens is 2. The van der Waals surface area contributed by atoms with E-state index < -0.39 is 0 Å². The van der Waals surface area contributed by atoms with Crippen LogP contribution in [-0.4, -0.2) is 4.57 Å². The van der Waals surface area contributed by atoms with Gasteiger partial charge in [-0.2, -0.15) is 0 Å². The maximum Gasteiger partial charge on any atom is 0.243 e. The van der Waals surface area contributed by atoms with Gasteiger partial charge in [-0.15, -0.1) is 0 Å². The van der Waals surface area contributed by atoms with Crippen molar-refractivity contribution in [1.82, 2.24) is 4.57 Å².